The molecule has 1 aromatic carbocycles. The molecule has 0 bridgehead atoms. The van der Waals surface area contributed by atoms with Crippen LogP contribution in [0.1, 0.15) is 97.8 Å². The number of benzene rings is 1. The van der Waals surface area contributed by atoms with Crippen LogP contribution in [0.25, 0.3) is 6.08 Å². The molecule has 5 nitrogen and oxygen atoms in total. The Morgan fingerprint density at radius 1 is 0.839 bits per heavy atom. The summed E-state index contributed by atoms with van der Waals surface area (Å²) in [5.41, 5.74) is 1.62. The van der Waals surface area contributed by atoms with E-state index in [2.05, 4.69) is 41.5 Å². The summed E-state index contributed by atoms with van der Waals surface area (Å²) >= 11 is 0. The summed E-state index contributed by atoms with van der Waals surface area (Å²) in [6.45, 7) is 16.4. The molecule has 0 amide bonds. The predicted octanol–water partition coefficient (Wildman–Crippen LogP) is 6.06. The number of rotatable bonds is 11. The molecular formula is C26H40O5. The third kappa shape index (κ3) is 6.84. The second-order valence-electron chi connectivity index (χ2n) is 9.23. The molecule has 174 valence electrons. The lowest BCUT2D eigenvalue weighted by Crippen LogP contribution is -2.22. The van der Waals surface area contributed by atoms with E-state index in [-0.39, 0.29) is 29.6 Å². The summed E-state index contributed by atoms with van der Waals surface area (Å²) in [5.74, 6) is -1.13. The fourth-order valence-electron chi connectivity index (χ4n) is 4.08. The quantitative estimate of drug-likeness (QED) is 0.199. The van der Waals surface area contributed by atoms with Crippen molar-refractivity contribution in [2.75, 3.05) is 13.2 Å². The van der Waals surface area contributed by atoms with Crippen molar-refractivity contribution in [3.8, 4) is 5.75 Å². The SMILES string of the molecule is CCCC(C)(C)c1cc(C=C(C(=O)OCC)C(=O)OCC)cc(C(C)(C)CCC)c1O. The maximum atomic E-state index is 12.5. The van der Waals surface area contributed by atoms with E-state index in [1.54, 1.807) is 13.8 Å². The molecule has 31 heavy (non-hydrogen) atoms. The highest BCUT2D eigenvalue weighted by Crippen LogP contribution is 2.43. The van der Waals surface area contributed by atoms with Crippen molar-refractivity contribution >= 4 is 18.0 Å². The first-order valence-electron chi connectivity index (χ1n) is 11.4. The van der Waals surface area contributed by atoms with Crippen LogP contribution in [0.4, 0.5) is 0 Å². The van der Waals surface area contributed by atoms with Gasteiger partial charge in [0.15, 0.2) is 0 Å². The summed E-state index contributed by atoms with van der Waals surface area (Å²) in [7, 11) is 0. The number of hydrogen-bond acceptors (Lipinski definition) is 5. The maximum Gasteiger partial charge on any atom is 0.345 e. The molecule has 0 atom stereocenters. The summed E-state index contributed by atoms with van der Waals surface area (Å²) in [4.78, 5) is 24.9. The van der Waals surface area contributed by atoms with Crippen LogP contribution in [0.15, 0.2) is 17.7 Å². The first-order chi connectivity index (χ1) is 14.4. The Bertz CT molecular complexity index is 743. The van der Waals surface area contributed by atoms with E-state index in [0.717, 1.165) is 36.8 Å². The van der Waals surface area contributed by atoms with Crippen molar-refractivity contribution in [3.05, 3.63) is 34.4 Å². The number of aromatic hydroxyl groups is 1. The topological polar surface area (TPSA) is 72.8 Å². The van der Waals surface area contributed by atoms with Crippen LogP contribution in [-0.2, 0) is 29.9 Å². The van der Waals surface area contributed by atoms with Gasteiger partial charge in [-0.05, 0) is 61.3 Å². The predicted molar refractivity (Wildman–Crippen MR) is 125 cm³/mol. The molecule has 1 N–H and O–H groups in total. The molecule has 0 fully saturated rings. The van der Waals surface area contributed by atoms with Crippen LogP contribution >= 0.6 is 0 Å². The highest BCUT2D eigenvalue weighted by molar-refractivity contribution is 6.17. The molecule has 0 heterocycles. The molecule has 0 spiro atoms. The average Bonchev–Trinajstić information content (AvgIpc) is 2.66. The van der Waals surface area contributed by atoms with E-state index >= 15 is 0 Å². The normalized spacial score (nSPS) is 11.7. The third-order valence-electron chi connectivity index (χ3n) is 5.64. The van der Waals surface area contributed by atoms with Crippen LogP contribution in [0, 0.1) is 0 Å². The van der Waals surface area contributed by atoms with Gasteiger partial charge < -0.3 is 14.6 Å². The van der Waals surface area contributed by atoms with Gasteiger partial charge in [0.1, 0.15) is 11.3 Å². The average molecular weight is 433 g/mol. The lowest BCUT2D eigenvalue weighted by atomic mass is 9.73. The van der Waals surface area contributed by atoms with Gasteiger partial charge in [0.25, 0.3) is 0 Å². The lowest BCUT2D eigenvalue weighted by Gasteiger charge is -2.32. The molecule has 0 aliphatic carbocycles. The smallest absolute Gasteiger partial charge is 0.345 e. The molecule has 0 unspecified atom stereocenters. The summed E-state index contributed by atoms with van der Waals surface area (Å²) < 4.78 is 10.2. The van der Waals surface area contributed by atoms with Crippen LogP contribution in [0.5, 0.6) is 5.75 Å². The Labute approximate surface area is 187 Å². The molecule has 0 saturated heterocycles. The van der Waals surface area contributed by atoms with Crippen LogP contribution in [0.2, 0.25) is 0 Å². The van der Waals surface area contributed by atoms with Gasteiger partial charge in [-0.1, -0.05) is 54.4 Å². The van der Waals surface area contributed by atoms with Crippen molar-refractivity contribution in [2.45, 2.75) is 91.9 Å². The van der Waals surface area contributed by atoms with Gasteiger partial charge in [0.2, 0.25) is 0 Å². The van der Waals surface area contributed by atoms with Crippen molar-refractivity contribution in [1.82, 2.24) is 0 Å². The number of phenolic OH excluding ortho intramolecular Hbond substituents is 1. The van der Waals surface area contributed by atoms with Crippen LogP contribution < -0.4 is 0 Å². The lowest BCUT2D eigenvalue weighted by molar-refractivity contribution is -0.146. The fourth-order valence-corrected chi connectivity index (χ4v) is 4.08. The molecule has 1 aromatic rings. The maximum absolute atomic E-state index is 12.5. The Balaban J connectivity index is 3.79. The minimum absolute atomic E-state index is 0.145. The van der Waals surface area contributed by atoms with Gasteiger partial charge in [-0.25, -0.2) is 9.59 Å². The zero-order chi connectivity index (χ0) is 23.8. The Kier molecular flexibility index (Phi) is 9.79. The zero-order valence-corrected chi connectivity index (χ0v) is 20.6. The van der Waals surface area contributed by atoms with Gasteiger partial charge >= 0.3 is 11.9 Å². The van der Waals surface area contributed by atoms with Crippen LogP contribution in [-0.4, -0.2) is 30.3 Å². The number of carbonyl (C=O) groups excluding carboxylic acids is 2. The van der Waals surface area contributed by atoms with Crippen LogP contribution in [0.3, 0.4) is 0 Å². The van der Waals surface area contributed by atoms with Crippen molar-refractivity contribution in [1.29, 1.82) is 0 Å². The minimum atomic E-state index is -0.710. The van der Waals surface area contributed by atoms with E-state index in [9.17, 15) is 14.7 Å². The molecule has 0 aliphatic rings. The second-order valence-corrected chi connectivity index (χ2v) is 9.23. The molecular weight excluding hydrogens is 392 g/mol. The van der Waals surface area contributed by atoms with Crippen molar-refractivity contribution < 1.29 is 24.2 Å². The number of esters is 2. The van der Waals surface area contributed by atoms with E-state index in [0.29, 0.717) is 11.3 Å². The van der Waals surface area contributed by atoms with E-state index in [1.165, 1.54) is 6.08 Å². The minimum Gasteiger partial charge on any atom is -0.507 e. The highest BCUT2D eigenvalue weighted by atomic mass is 16.6. The number of hydrogen-bond donors (Lipinski definition) is 1. The molecule has 0 aliphatic heterocycles. The number of carbonyl (C=O) groups is 2. The summed E-state index contributed by atoms with van der Waals surface area (Å²) in [6, 6.07) is 3.74. The standard InChI is InChI=1S/C26H40O5/c1-9-13-25(5,6)20-16-18(17-21(22(20)27)26(7,8)14-10-2)15-19(23(28)30-11-3)24(29)31-12-4/h15-17,27H,9-14H2,1-8H3. The fraction of sp³-hybridized carbons (Fsp3) is 0.615. The zero-order valence-electron chi connectivity index (χ0n) is 20.6. The van der Waals surface area contributed by atoms with E-state index < -0.39 is 11.9 Å². The first-order valence-corrected chi connectivity index (χ1v) is 11.4. The molecule has 0 saturated carbocycles. The summed E-state index contributed by atoms with van der Waals surface area (Å²) in [6.07, 6.45) is 5.24. The van der Waals surface area contributed by atoms with Gasteiger partial charge in [-0.2, -0.15) is 0 Å². The molecule has 1 rings (SSSR count). The van der Waals surface area contributed by atoms with E-state index in [4.69, 9.17) is 9.47 Å². The summed E-state index contributed by atoms with van der Waals surface area (Å²) in [5, 5.41) is 11.3. The number of ether oxygens (including phenoxy) is 2. The number of phenols is 1. The van der Waals surface area contributed by atoms with Crippen molar-refractivity contribution in [2.24, 2.45) is 0 Å². The van der Waals surface area contributed by atoms with Crippen molar-refractivity contribution in [3.63, 3.8) is 0 Å². The highest BCUT2D eigenvalue weighted by Gasteiger charge is 2.31. The van der Waals surface area contributed by atoms with E-state index in [1.807, 2.05) is 12.1 Å². The third-order valence-corrected chi connectivity index (χ3v) is 5.64. The molecule has 0 aromatic heterocycles. The second kappa shape index (κ2) is 11.4. The Hall–Kier alpha value is -2.30. The Morgan fingerprint density at radius 3 is 1.55 bits per heavy atom. The Morgan fingerprint density at radius 2 is 1.23 bits per heavy atom. The molecule has 5 heteroatoms. The first kappa shape index (κ1) is 26.7. The van der Waals surface area contributed by atoms with Gasteiger partial charge in [-0.15, -0.1) is 0 Å². The van der Waals surface area contributed by atoms with Gasteiger partial charge in [-0.3, -0.25) is 0 Å². The monoisotopic (exact) mass is 432 g/mol. The van der Waals surface area contributed by atoms with Gasteiger partial charge in [0, 0.05) is 11.1 Å². The van der Waals surface area contributed by atoms with Gasteiger partial charge in [0.05, 0.1) is 13.2 Å². The largest absolute Gasteiger partial charge is 0.507 e. The molecule has 0 radical (unpaired) electrons.